The number of amides is 1. The second-order valence-electron chi connectivity index (χ2n) is 6.81. The molecular formula is C24H39NO4. The summed E-state index contributed by atoms with van der Waals surface area (Å²) in [6.45, 7) is 1.76. The number of unbranched alkanes of at least 4 members (excludes halogenated alkanes) is 4. The minimum Gasteiger partial charge on any atom is -0.467 e. The molecule has 1 amide bonds. The molecule has 0 bridgehead atoms. The lowest BCUT2D eigenvalue weighted by Gasteiger charge is -2.13. The number of esters is 1. The van der Waals surface area contributed by atoms with Crippen LogP contribution in [0.5, 0.6) is 0 Å². The van der Waals surface area contributed by atoms with Crippen molar-refractivity contribution in [2.45, 2.75) is 77.2 Å². The molecule has 0 spiro atoms. The topological polar surface area (TPSA) is 75.6 Å². The van der Waals surface area contributed by atoms with Crippen LogP contribution in [0.15, 0.2) is 48.6 Å². The third kappa shape index (κ3) is 17.7. The number of ether oxygens (including phenoxy) is 1. The van der Waals surface area contributed by atoms with Crippen LogP contribution >= 0.6 is 0 Å². The Bertz CT molecular complexity index is 535. The average Bonchev–Trinajstić information content (AvgIpc) is 2.73. The molecule has 0 aromatic heterocycles. The highest BCUT2D eigenvalue weighted by Crippen LogP contribution is 2.02. The third-order valence-corrected chi connectivity index (χ3v) is 4.24. The first-order valence-electron chi connectivity index (χ1n) is 10.7. The van der Waals surface area contributed by atoms with E-state index in [0.29, 0.717) is 12.8 Å². The number of aliphatic hydroxyl groups excluding tert-OH is 1. The van der Waals surface area contributed by atoms with Crippen LogP contribution in [0.3, 0.4) is 0 Å². The summed E-state index contributed by atoms with van der Waals surface area (Å²) in [5.74, 6) is -0.897. The van der Waals surface area contributed by atoms with Gasteiger partial charge in [0.1, 0.15) is 0 Å². The highest BCUT2D eigenvalue weighted by molar-refractivity contribution is 5.84. The summed E-state index contributed by atoms with van der Waals surface area (Å²) >= 11 is 0. The third-order valence-electron chi connectivity index (χ3n) is 4.24. The predicted octanol–water partition coefficient (Wildman–Crippen LogP) is 4.78. The zero-order valence-electron chi connectivity index (χ0n) is 18.1. The molecule has 2 N–H and O–H groups in total. The van der Waals surface area contributed by atoms with Gasteiger partial charge in [0.05, 0.1) is 13.7 Å². The van der Waals surface area contributed by atoms with E-state index < -0.39 is 18.6 Å². The van der Waals surface area contributed by atoms with Crippen molar-refractivity contribution in [3.8, 4) is 0 Å². The summed E-state index contributed by atoms with van der Waals surface area (Å²) in [5, 5.41) is 11.5. The summed E-state index contributed by atoms with van der Waals surface area (Å²) in [4.78, 5) is 23.0. The van der Waals surface area contributed by atoms with Crippen molar-refractivity contribution >= 4 is 11.9 Å². The number of aliphatic hydroxyl groups is 1. The summed E-state index contributed by atoms with van der Waals surface area (Å²) < 4.78 is 4.50. The Morgan fingerprint density at radius 2 is 1.38 bits per heavy atom. The quantitative estimate of drug-likeness (QED) is 0.207. The van der Waals surface area contributed by atoms with Crippen LogP contribution < -0.4 is 5.32 Å². The fraction of sp³-hybridized carbons (Fsp3) is 0.583. The lowest BCUT2D eigenvalue weighted by atomic mass is 10.2. The first kappa shape index (κ1) is 26.9. The van der Waals surface area contributed by atoms with Crippen LogP contribution in [0.25, 0.3) is 0 Å². The molecule has 0 saturated carbocycles. The van der Waals surface area contributed by atoms with Crippen LogP contribution in [0.4, 0.5) is 0 Å². The smallest absolute Gasteiger partial charge is 0.330 e. The molecule has 0 aliphatic rings. The fourth-order valence-electron chi connectivity index (χ4n) is 2.53. The number of hydrogen-bond acceptors (Lipinski definition) is 4. The van der Waals surface area contributed by atoms with Crippen molar-refractivity contribution in [2.24, 2.45) is 0 Å². The van der Waals surface area contributed by atoms with E-state index in [2.05, 4.69) is 65.6 Å². The number of hydrogen-bond donors (Lipinski definition) is 2. The number of allylic oxidation sites excluding steroid dienone is 8. The molecule has 0 unspecified atom stereocenters. The summed E-state index contributed by atoms with van der Waals surface area (Å²) in [6, 6.07) is -0.982. The maximum absolute atomic E-state index is 11.7. The van der Waals surface area contributed by atoms with Crippen LogP contribution in [-0.2, 0) is 14.3 Å². The molecular weight excluding hydrogens is 366 g/mol. The molecule has 0 heterocycles. The van der Waals surface area contributed by atoms with Gasteiger partial charge in [-0.2, -0.15) is 0 Å². The molecule has 0 fully saturated rings. The molecule has 0 rings (SSSR count). The van der Waals surface area contributed by atoms with Crippen molar-refractivity contribution in [1.29, 1.82) is 0 Å². The Labute approximate surface area is 176 Å². The van der Waals surface area contributed by atoms with Gasteiger partial charge < -0.3 is 15.2 Å². The van der Waals surface area contributed by atoms with E-state index in [4.69, 9.17) is 5.11 Å². The molecule has 0 aromatic rings. The minimum absolute atomic E-state index is 0.259. The maximum atomic E-state index is 11.7. The van der Waals surface area contributed by atoms with Crippen LogP contribution in [0.1, 0.15) is 71.1 Å². The van der Waals surface area contributed by atoms with Crippen molar-refractivity contribution < 1.29 is 19.4 Å². The number of rotatable bonds is 17. The molecule has 1 atom stereocenters. The van der Waals surface area contributed by atoms with Gasteiger partial charge in [0.2, 0.25) is 5.91 Å². The van der Waals surface area contributed by atoms with Gasteiger partial charge in [0.15, 0.2) is 6.04 Å². The zero-order valence-corrected chi connectivity index (χ0v) is 18.1. The lowest BCUT2D eigenvalue weighted by Crippen LogP contribution is -2.43. The Morgan fingerprint density at radius 3 is 1.86 bits per heavy atom. The maximum Gasteiger partial charge on any atom is 0.330 e. The predicted molar refractivity (Wildman–Crippen MR) is 119 cm³/mol. The van der Waals surface area contributed by atoms with E-state index >= 15 is 0 Å². The highest BCUT2D eigenvalue weighted by Gasteiger charge is 2.19. The standard InChI is InChI=1S/C24H39NO4/c1-3-4-5-6-7-8-9-10-11-12-13-14-15-16-17-18-19-20-23(27)25-22(21-26)24(28)29-2/h7-8,10-11,13-14,16-17,22,26H,3-6,9,12,15,18-21H2,1-2H3,(H,25,27)/t22-/m0/s1. The Kier molecular flexibility index (Phi) is 19.1. The molecule has 0 aromatic carbocycles. The van der Waals surface area contributed by atoms with Gasteiger partial charge in [0.25, 0.3) is 0 Å². The van der Waals surface area contributed by atoms with Crippen LogP contribution in [-0.4, -0.2) is 36.7 Å². The molecule has 0 saturated heterocycles. The van der Waals surface area contributed by atoms with E-state index in [-0.39, 0.29) is 5.91 Å². The van der Waals surface area contributed by atoms with E-state index in [1.807, 2.05) is 0 Å². The van der Waals surface area contributed by atoms with Crippen molar-refractivity contribution in [3.05, 3.63) is 48.6 Å². The van der Waals surface area contributed by atoms with Gasteiger partial charge in [0, 0.05) is 6.42 Å². The summed E-state index contributed by atoms with van der Waals surface area (Å²) in [7, 11) is 1.22. The molecule has 0 radical (unpaired) electrons. The first-order valence-corrected chi connectivity index (χ1v) is 10.7. The Balaban J connectivity index is 3.67. The van der Waals surface area contributed by atoms with E-state index in [1.165, 1.54) is 32.8 Å². The van der Waals surface area contributed by atoms with Crippen molar-refractivity contribution in [3.63, 3.8) is 0 Å². The molecule has 0 aliphatic heterocycles. The van der Waals surface area contributed by atoms with Gasteiger partial charge in [-0.15, -0.1) is 0 Å². The van der Waals surface area contributed by atoms with Crippen LogP contribution in [0, 0.1) is 0 Å². The number of carbonyl (C=O) groups is 2. The number of carbonyl (C=O) groups excluding carboxylic acids is 2. The summed E-state index contributed by atoms with van der Waals surface area (Å²) in [5.41, 5.74) is 0. The molecule has 5 nitrogen and oxygen atoms in total. The van der Waals surface area contributed by atoms with Gasteiger partial charge >= 0.3 is 5.97 Å². The summed E-state index contributed by atoms with van der Waals surface area (Å²) in [6.07, 6.45) is 27.0. The molecule has 164 valence electrons. The average molecular weight is 406 g/mol. The molecule has 29 heavy (non-hydrogen) atoms. The first-order chi connectivity index (χ1) is 14.2. The van der Waals surface area contributed by atoms with E-state index in [0.717, 1.165) is 25.7 Å². The number of methoxy groups -OCH3 is 1. The Morgan fingerprint density at radius 1 is 0.862 bits per heavy atom. The fourth-order valence-corrected chi connectivity index (χ4v) is 2.53. The van der Waals surface area contributed by atoms with Gasteiger partial charge in [-0.05, 0) is 44.9 Å². The second-order valence-corrected chi connectivity index (χ2v) is 6.81. The largest absolute Gasteiger partial charge is 0.467 e. The molecule has 0 aliphatic carbocycles. The van der Waals surface area contributed by atoms with Crippen molar-refractivity contribution in [2.75, 3.05) is 13.7 Å². The van der Waals surface area contributed by atoms with Gasteiger partial charge in [-0.25, -0.2) is 4.79 Å². The zero-order chi connectivity index (χ0) is 21.6. The molecule has 5 heteroatoms. The van der Waals surface area contributed by atoms with E-state index in [9.17, 15) is 9.59 Å². The minimum atomic E-state index is -0.982. The monoisotopic (exact) mass is 405 g/mol. The van der Waals surface area contributed by atoms with Crippen molar-refractivity contribution in [1.82, 2.24) is 5.32 Å². The second kappa shape index (κ2) is 20.6. The van der Waals surface area contributed by atoms with Gasteiger partial charge in [-0.1, -0.05) is 68.4 Å². The number of nitrogens with one attached hydrogen (secondary N) is 1. The van der Waals surface area contributed by atoms with Gasteiger partial charge in [-0.3, -0.25) is 4.79 Å². The SMILES string of the molecule is CCCCCC=CCC=CCC=CCC=CCCCC(=O)N[C@@H](CO)C(=O)OC. The Hall–Kier alpha value is -2.14. The highest BCUT2D eigenvalue weighted by atomic mass is 16.5. The van der Waals surface area contributed by atoms with Crippen LogP contribution in [0.2, 0.25) is 0 Å². The lowest BCUT2D eigenvalue weighted by molar-refractivity contribution is -0.146. The van der Waals surface area contributed by atoms with E-state index in [1.54, 1.807) is 0 Å². The normalized spacial score (nSPS) is 13.1.